The minimum absolute atomic E-state index is 0.292. The van der Waals surface area contributed by atoms with E-state index >= 15 is 0 Å². The summed E-state index contributed by atoms with van der Waals surface area (Å²) in [7, 11) is 0. The van der Waals surface area contributed by atoms with Crippen LogP contribution in [-0.2, 0) is 15.6 Å². The van der Waals surface area contributed by atoms with Crippen molar-refractivity contribution in [2.75, 3.05) is 0 Å². The van der Waals surface area contributed by atoms with Crippen LogP contribution in [0.3, 0.4) is 0 Å². The van der Waals surface area contributed by atoms with Gasteiger partial charge in [-0.2, -0.15) is 8.78 Å². The number of carbonyl (C=O) groups excluding carboxylic acids is 1. The average molecular weight is 284 g/mol. The molecule has 19 heavy (non-hydrogen) atoms. The molecule has 0 saturated carbocycles. The van der Waals surface area contributed by atoms with Crippen LogP contribution in [0.5, 0.6) is 0 Å². The molecule has 0 spiro atoms. The smallest absolute Gasteiger partial charge is 0.393 e. The third-order valence-electron chi connectivity index (χ3n) is 1.99. The number of esters is 1. The van der Waals surface area contributed by atoms with Crippen LogP contribution >= 0.6 is 0 Å². The molecule has 0 aliphatic rings. The van der Waals surface area contributed by atoms with Gasteiger partial charge in [-0.1, -0.05) is 6.58 Å². The highest BCUT2D eigenvalue weighted by molar-refractivity contribution is 5.87. The Bertz CT molecular complexity index is 553. The maximum Gasteiger partial charge on any atom is 0.432 e. The Balaban J connectivity index is 3.29. The summed E-state index contributed by atoms with van der Waals surface area (Å²) >= 11 is 0. The summed E-state index contributed by atoms with van der Waals surface area (Å²) < 4.78 is 81.5. The van der Waals surface area contributed by atoms with E-state index < -0.39 is 46.5 Å². The Morgan fingerprint density at radius 3 is 2.16 bits per heavy atom. The minimum atomic E-state index is -4.67. The lowest BCUT2D eigenvalue weighted by molar-refractivity contribution is -0.238. The maximum atomic E-state index is 13.3. The van der Waals surface area contributed by atoms with Crippen LogP contribution in [0.2, 0.25) is 0 Å². The van der Waals surface area contributed by atoms with Crippen LogP contribution in [0.1, 0.15) is 12.5 Å². The van der Waals surface area contributed by atoms with E-state index in [-0.39, 0.29) is 6.07 Å². The van der Waals surface area contributed by atoms with Crippen molar-refractivity contribution < 1.29 is 35.9 Å². The number of halogens is 6. The molecule has 0 amide bonds. The second-order valence-electron chi connectivity index (χ2n) is 3.53. The Hall–Kier alpha value is -1.99. The summed E-state index contributed by atoms with van der Waals surface area (Å²) in [4.78, 5) is 10.9. The molecule has 2 nitrogen and oxygen atoms in total. The molecule has 0 aliphatic heterocycles. The molecule has 0 N–H and O–H groups in total. The van der Waals surface area contributed by atoms with Crippen LogP contribution in [0, 0.1) is 23.3 Å². The van der Waals surface area contributed by atoms with Gasteiger partial charge in [0.15, 0.2) is 23.3 Å². The van der Waals surface area contributed by atoms with E-state index in [1.54, 1.807) is 0 Å². The first-order valence-electron chi connectivity index (χ1n) is 4.68. The molecule has 0 heterocycles. The SMILES string of the molecule is C=C(C)C(=O)OC(F)(F)c1cc(F)c(F)c(F)c1F. The summed E-state index contributed by atoms with van der Waals surface area (Å²) in [5.41, 5.74) is -2.37. The molecular weight excluding hydrogens is 278 g/mol. The monoisotopic (exact) mass is 284 g/mol. The molecule has 104 valence electrons. The molecule has 0 aliphatic carbocycles. The topological polar surface area (TPSA) is 26.3 Å². The van der Waals surface area contributed by atoms with Gasteiger partial charge in [-0.25, -0.2) is 22.4 Å². The number of rotatable bonds is 3. The van der Waals surface area contributed by atoms with E-state index in [1.165, 1.54) is 0 Å². The quantitative estimate of drug-likeness (QED) is 0.279. The molecule has 1 rings (SSSR count). The minimum Gasteiger partial charge on any atom is -0.393 e. The molecule has 0 saturated heterocycles. The van der Waals surface area contributed by atoms with Crippen molar-refractivity contribution in [3.05, 3.63) is 47.1 Å². The van der Waals surface area contributed by atoms with Gasteiger partial charge in [0.25, 0.3) is 0 Å². The average Bonchev–Trinajstić information content (AvgIpc) is 2.30. The van der Waals surface area contributed by atoms with Gasteiger partial charge in [0, 0.05) is 5.57 Å². The maximum absolute atomic E-state index is 13.3. The van der Waals surface area contributed by atoms with Gasteiger partial charge in [-0.15, -0.1) is 0 Å². The van der Waals surface area contributed by atoms with Crippen molar-refractivity contribution in [2.24, 2.45) is 0 Å². The normalized spacial score (nSPS) is 11.3. The first kappa shape index (κ1) is 15.1. The summed E-state index contributed by atoms with van der Waals surface area (Å²) in [5, 5.41) is 0. The van der Waals surface area contributed by atoms with Crippen molar-refractivity contribution in [3.63, 3.8) is 0 Å². The van der Waals surface area contributed by atoms with Crippen molar-refractivity contribution in [2.45, 2.75) is 13.0 Å². The van der Waals surface area contributed by atoms with Gasteiger partial charge >= 0.3 is 12.1 Å². The summed E-state index contributed by atoms with van der Waals surface area (Å²) in [6, 6.07) is -0.292. The standard InChI is InChI=1S/C11H6F6O2/c1-4(2)10(18)19-11(16,17)5-3-6(12)8(14)9(15)7(5)13/h3H,1H2,2H3. The van der Waals surface area contributed by atoms with E-state index in [4.69, 9.17) is 0 Å². The van der Waals surface area contributed by atoms with E-state index in [2.05, 4.69) is 11.3 Å². The Morgan fingerprint density at radius 1 is 1.16 bits per heavy atom. The predicted molar refractivity (Wildman–Crippen MR) is 51.1 cm³/mol. The summed E-state index contributed by atoms with van der Waals surface area (Å²) in [5.74, 6) is -10.7. The van der Waals surface area contributed by atoms with E-state index in [0.717, 1.165) is 6.92 Å². The number of alkyl halides is 2. The highest BCUT2D eigenvalue weighted by Gasteiger charge is 2.42. The second kappa shape index (κ2) is 4.94. The zero-order valence-electron chi connectivity index (χ0n) is 9.37. The number of ether oxygens (including phenoxy) is 1. The third-order valence-corrected chi connectivity index (χ3v) is 1.99. The highest BCUT2D eigenvalue weighted by atomic mass is 19.3. The zero-order chi connectivity index (χ0) is 15.0. The highest BCUT2D eigenvalue weighted by Crippen LogP contribution is 2.34. The lowest BCUT2D eigenvalue weighted by atomic mass is 10.1. The fourth-order valence-electron chi connectivity index (χ4n) is 1.04. The van der Waals surface area contributed by atoms with Gasteiger partial charge in [-0.3, -0.25) is 0 Å². The first-order valence-corrected chi connectivity index (χ1v) is 4.68. The second-order valence-corrected chi connectivity index (χ2v) is 3.53. The first-order chi connectivity index (χ1) is 8.58. The summed E-state index contributed by atoms with van der Waals surface area (Å²) in [6.45, 7) is 4.02. The van der Waals surface area contributed by atoms with E-state index in [1.807, 2.05) is 0 Å². The number of carbonyl (C=O) groups is 1. The molecular formula is C11H6F6O2. The van der Waals surface area contributed by atoms with Crippen molar-refractivity contribution >= 4 is 5.97 Å². The lowest BCUT2D eigenvalue weighted by Gasteiger charge is -2.17. The van der Waals surface area contributed by atoms with Crippen molar-refractivity contribution in [1.82, 2.24) is 0 Å². The third kappa shape index (κ3) is 2.88. The fourth-order valence-corrected chi connectivity index (χ4v) is 1.04. The molecule has 0 radical (unpaired) electrons. The van der Waals surface area contributed by atoms with Crippen LogP contribution in [-0.4, -0.2) is 5.97 Å². The largest absolute Gasteiger partial charge is 0.432 e. The summed E-state index contributed by atoms with van der Waals surface area (Å²) in [6.07, 6.45) is -4.67. The van der Waals surface area contributed by atoms with Crippen molar-refractivity contribution in [3.8, 4) is 0 Å². The van der Waals surface area contributed by atoms with Crippen LogP contribution in [0.4, 0.5) is 26.3 Å². The van der Waals surface area contributed by atoms with Gasteiger partial charge in [0.1, 0.15) is 5.56 Å². The lowest BCUT2D eigenvalue weighted by Crippen LogP contribution is -2.25. The zero-order valence-corrected chi connectivity index (χ0v) is 9.37. The van der Waals surface area contributed by atoms with Crippen LogP contribution in [0.25, 0.3) is 0 Å². The number of hydrogen-bond acceptors (Lipinski definition) is 2. The molecule has 1 aromatic rings. The molecule has 0 fully saturated rings. The van der Waals surface area contributed by atoms with Gasteiger partial charge < -0.3 is 4.74 Å². The molecule has 0 atom stereocenters. The Morgan fingerprint density at radius 2 is 1.68 bits per heavy atom. The van der Waals surface area contributed by atoms with Gasteiger partial charge in [0.2, 0.25) is 0 Å². The molecule has 8 heteroatoms. The molecule has 1 aromatic carbocycles. The van der Waals surface area contributed by atoms with E-state index in [0.29, 0.717) is 0 Å². The van der Waals surface area contributed by atoms with Crippen molar-refractivity contribution in [1.29, 1.82) is 0 Å². The predicted octanol–water partition coefficient (Wildman–Crippen LogP) is 3.41. The molecule has 0 bridgehead atoms. The Labute approximate surface area is 103 Å². The molecule has 0 aromatic heterocycles. The Kier molecular flexibility index (Phi) is 3.92. The number of hydrogen-bond donors (Lipinski definition) is 0. The fraction of sp³-hybridized carbons (Fsp3) is 0.182. The van der Waals surface area contributed by atoms with Crippen LogP contribution in [0.15, 0.2) is 18.2 Å². The van der Waals surface area contributed by atoms with Gasteiger partial charge in [0.05, 0.1) is 0 Å². The van der Waals surface area contributed by atoms with Gasteiger partial charge in [-0.05, 0) is 13.0 Å². The number of benzene rings is 1. The molecule has 0 unspecified atom stereocenters. The van der Waals surface area contributed by atoms with Crippen LogP contribution < -0.4 is 0 Å². The van der Waals surface area contributed by atoms with E-state index in [9.17, 15) is 31.1 Å².